The third kappa shape index (κ3) is 3.70. The average molecular weight is 283 g/mol. The summed E-state index contributed by atoms with van der Waals surface area (Å²) in [5.41, 5.74) is -0.582. The molecule has 8 heteroatoms. The third-order valence-electron chi connectivity index (χ3n) is 2.56. The first-order valence-corrected chi connectivity index (χ1v) is 5.85. The molecule has 2 aromatic heterocycles. The van der Waals surface area contributed by atoms with Crippen LogP contribution in [0.1, 0.15) is 30.2 Å². The van der Waals surface area contributed by atoms with Crippen LogP contribution < -0.4 is 5.32 Å². The summed E-state index contributed by atoms with van der Waals surface area (Å²) in [6.07, 6.45) is 0.607. The third-order valence-corrected chi connectivity index (χ3v) is 2.56. The van der Waals surface area contributed by atoms with Gasteiger partial charge in [-0.2, -0.15) is 13.2 Å². The van der Waals surface area contributed by atoms with Gasteiger partial charge in [-0.1, -0.05) is 0 Å². The molecule has 0 radical (unpaired) electrons. The van der Waals surface area contributed by atoms with Gasteiger partial charge in [-0.15, -0.1) is 0 Å². The largest absolute Gasteiger partial charge is 0.434 e. The molecule has 0 spiro atoms. The standard InChI is InChI=1S/C12H12F3N5/c1-8(11-16-3-2-4-17-11)18-5-9-6-20-10(7-19-9)12(13,14)15/h2-4,6-8,18H,5H2,1H3. The number of aromatic nitrogens is 4. The van der Waals surface area contributed by atoms with Crippen molar-refractivity contribution in [2.24, 2.45) is 0 Å². The first-order chi connectivity index (χ1) is 9.47. The molecular weight excluding hydrogens is 271 g/mol. The molecule has 0 aliphatic heterocycles. The van der Waals surface area contributed by atoms with Gasteiger partial charge in [-0.05, 0) is 13.0 Å². The zero-order valence-corrected chi connectivity index (χ0v) is 10.6. The van der Waals surface area contributed by atoms with Crippen molar-refractivity contribution in [3.8, 4) is 0 Å². The maximum atomic E-state index is 12.3. The van der Waals surface area contributed by atoms with E-state index in [4.69, 9.17) is 0 Å². The molecule has 2 aromatic rings. The SMILES string of the molecule is CC(NCc1cnc(C(F)(F)F)cn1)c1ncccn1. The lowest BCUT2D eigenvalue weighted by Gasteiger charge is -2.12. The van der Waals surface area contributed by atoms with Crippen LogP contribution in [0.3, 0.4) is 0 Å². The Morgan fingerprint density at radius 3 is 2.35 bits per heavy atom. The number of alkyl halides is 3. The molecule has 0 saturated heterocycles. The zero-order chi connectivity index (χ0) is 14.6. The van der Waals surface area contributed by atoms with E-state index in [9.17, 15) is 13.2 Å². The van der Waals surface area contributed by atoms with Crippen LogP contribution >= 0.6 is 0 Å². The Labute approximate surface area is 113 Å². The van der Waals surface area contributed by atoms with E-state index in [1.807, 2.05) is 6.92 Å². The lowest BCUT2D eigenvalue weighted by molar-refractivity contribution is -0.141. The minimum Gasteiger partial charge on any atom is -0.302 e. The van der Waals surface area contributed by atoms with Crippen molar-refractivity contribution >= 4 is 0 Å². The van der Waals surface area contributed by atoms with Crippen molar-refractivity contribution in [1.82, 2.24) is 25.3 Å². The van der Waals surface area contributed by atoms with Crippen LogP contribution in [0.15, 0.2) is 30.9 Å². The lowest BCUT2D eigenvalue weighted by atomic mass is 10.3. The Morgan fingerprint density at radius 2 is 1.80 bits per heavy atom. The first kappa shape index (κ1) is 14.3. The van der Waals surface area contributed by atoms with Crippen molar-refractivity contribution < 1.29 is 13.2 Å². The molecule has 1 N–H and O–H groups in total. The molecule has 0 fully saturated rings. The van der Waals surface area contributed by atoms with Crippen molar-refractivity contribution in [3.63, 3.8) is 0 Å². The average Bonchev–Trinajstić information content (AvgIpc) is 2.45. The second kappa shape index (κ2) is 5.91. The van der Waals surface area contributed by atoms with Crippen LogP contribution in [0.4, 0.5) is 13.2 Å². The van der Waals surface area contributed by atoms with Gasteiger partial charge in [-0.3, -0.25) is 4.98 Å². The molecule has 0 aliphatic rings. The minimum atomic E-state index is -4.47. The van der Waals surface area contributed by atoms with Gasteiger partial charge < -0.3 is 5.32 Å². The molecule has 2 heterocycles. The smallest absolute Gasteiger partial charge is 0.302 e. The summed E-state index contributed by atoms with van der Waals surface area (Å²) in [7, 11) is 0. The highest BCUT2D eigenvalue weighted by Gasteiger charge is 2.32. The topological polar surface area (TPSA) is 63.6 Å². The summed E-state index contributed by atoms with van der Waals surface area (Å²) >= 11 is 0. The summed E-state index contributed by atoms with van der Waals surface area (Å²) < 4.78 is 37.0. The first-order valence-electron chi connectivity index (χ1n) is 5.85. The number of hydrogen-bond acceptors (Lipinski definition) is 5. The van der Waals surface area contributed by atoms with Crippen LogP contribution in [-0.2, 0) is 12.7 Å². The van der Waals surface area contributed by atoms with Gasteiger partial charge in [0.15, 0.2) is 5.69 Å². The van der Waals surface area contributed by atoms with E-state index in [1.165, 1.54) is 0 Å². The maximum Gasteiger partial charge on any atom is 0.434 e. The van der Waals surface area contributed by atoms with Crippen molar-refractivity contribution in [2.75, 3.05) is 0 Å². The quantitative estimate of drug-likeness (QED) is 0.931. The van der Waals surface area contributed by atoms with Crippen LogP contribution in [-0.4, -0.2) is 19.9 Å². The van der Waals surface area contributed by atoms with Crippen molar-refractivity contribution in [3.05, 3.63) is 48.1 Å². The van der Waals surface area contributed by atoms with Gasteiger partial charge in [0.05, 0.1) is 24.1 Å². The monoisotopic (exact) mass is 283 g/mol. The Balaban J connectivity index is 1.94. The molecule has 0 amide bonds. The summed E-state index contributed by atoms with van der Waals surface area (Å²) in [6.45, 7) is 2.14. The summed E-state index contributed by atoms with van der Waals surface area (Å²) in [6, 6.07) is 1.57. The van der Waals surface area contributed by atoms with E-state index in [-0.39, 0.29) is 12.6 Å². The molecule has 0 aromatic carbocycles. The van der Waals surface area contributed by atoms with Gasteiger partial charge in [0.25, 0.3) is 0 Å². The van der Waals surface area contributed by atoms with Crippen molar-refractivity contribution in [1.29, 1.82) is 0 Å². The van der Waals surface area contributed by atoms with Crippen LogP contribution in [0.5, 0.6) is 0 Å². The van der Waals surface area contributed by atoms with E-state index >= 15 is 0 Å². The molecule has 1 unspecified atom stereocenters. The molecule has 0 saturated carbocycles. The summed E-state index contributed by atoms with van der Waals surface area (Å²) in [5, 5.41) is 3.06. The molecule has 0 aliphatic carbocycles. The van der Waals surface area contributed by atoms with E-state index in [0.29, 0.717) is 11.5 Å². The Hall–Kier alpha value is -2.09. The minimum absolute atomic E-state index is 0.139. The summed E-state index contributed by atoms with van der Waals surface area (Å²) in [5.74, 6) is 0.604. The normalized spacial score (nSPS) is 13.2. The van der Waals surface area contributed by atoms with E-state index in [1.54, 1.807) is 18.5 Å². The van der Waals surface area contributed by atoms with Crippen LogP contribution in [0, 0.1) is 0 Å². The zero-order valence-electron chi connectivity index (χ0n) is 10.6. The molecule has 2 rings (SSSR count). The second-order valence-electron chi connectivity index (χ2n) is 4.10. The number of halogens is 3. The predicted octanol–water partition coefficient (Wildman–Crippen LogP) is 2.14. The fraction of sp³-hybridized carbons (Fsp3) is 0.333. The molecular formula is C12H12F3N5. The second-order valence-corrected chi connectivity index (χ2v) is 4.10. The lowest BCUT2D eigenvalue weighted by Crippen LogP contribution is -2.21. The van der Waals surface area contributed by atoms with Crippen molar-refractivity contribution in [2.45, 2.75) is 25.7 Å². The number of rotatable bonds is 4. The fourth-order valence-electron chi connectivity index (χ4n) is 1.48. The molecule has 5 nitrogen and oxygen atoms in total. The van der Waals surface area contributed by atoms with E-state index in [0.717, 1.165) is 12.4 Å². The highest BCUT2D eigenvalue weighted by molar-refractivity contribution is 5.05. The van der Waals surface area contributed by atoms with Gasteiger partial charge in [0.1, 0.15) is 5.82 Å². The predicted molar refractivity (Wildman–Crippen MR) is 64.3 cm³/mol. The van der Waals surface area contributed by atoms with Crippen LogP contribution in [0.25, 0.3) is 0 Å². The van der Waals surface area contributed by atoms with Gasteiger partial charge in [0.2, 0.25) is 0 Å². The number of hydrogen-bond donors (Lipinski definition) is 1. The molecule has 0 bridgehead atoms. The summed E-state index contributed by atoms with van der Waals surface area (Å²) in [4.78, 5) is 15.2. The van der Waals surface area contributed by atoms with Gasteiger partial charge >= 0.3 is 6.18 Å². The van der Waals surface area contributed by atoms with E-state index < -0.39 is 11.9 Å². The van der Waals surface area contributed by atoms with Gasteiger partial charge in [0, 0.05) is 18.9 Å². The molecule has 20 heavy (non-hydrogen) atoms. The molecule has 1 atom stereocenters. The maximum absolute atomic E-state index is 12.3. The highest BCUT2D eigenvalue weighted by atomic mass is 19.4. The fourth-order valence-corrected chi connectivity index (χ4v) is 1.48. The van der Waals surface area contributed by atoms with E-state index in [2.05, 4.69) is 25.3 Å². The van der Waals surface area contributed by atoms with Gasteiger partial charge in [-0.25, -0.2) is 15.0 Å². The Morgan fingerprint density at radius 1 is 1.10 bits per heavy atom. The van der Waals surface area contributed by atoms with Crippen LogP contribution in [0.2, 0.25) is 0 Å². The molecule has 106 valence electrons. The number of nitrogens with one attached hydrogen (secondary N) is 1. The Bertz CT molecular complexity index is 541. The number of nitrogens with zero attached hydrogens (tertiary/aromatic N) is 4. The highest BCUT2D eigenvalue weighted by Crippen LogP contribution is 2.26. The Kier molecular flexibility index (Phi) is 4.23.